The number of amides is 2. The Hall–Kier alpha value is -2.60. The number of rotatable bonds is 4. The Labute approximate surface area is 163 Å². The van der Waals surface area contributed by atoms with Crippen molar-refractivity contribution in [3.63, 3.8) is 0 Å². The molecule has 27 heavy (non-hydrogen) atoms. The monoisotopic (exact) mass is 381 g/mol. The first kappa shape index (κ1) is 17.8. The fraction of sp³-hybridized carbons (Fsp3) is 0.333. The third-order valence-electron chi connectivity index (χ3n) is 5.07. The molecule has 3 aromatic rings. The van der Waals surface area contributed by atoms with E-state index in [1.54, 1.807) is 16.2 Å². The smallest absolute Gasteiger partial charge is 0.317 e. The van der Waals surface area contributed by atoms with Gasteiger partial charge < -0.3 is 15.0 Å². The molecule has 5 nitrogen and oxygen atoms in total. The van der Waals surface area contributed by atoms with Crippen LogP contribution in [0.5, 0.6) is 5.75 Å². The van der Waals surface area contributed by atoms with Gasteiger partial charge in [-0.05, 0) is 37.1 Å². The van der Waals surface area contributed by atoms with Gasteiger partial charge in [0.15, 0.2) is 0 Å². The maximum absolute atomic E-state index is 12.6. The van der Waals surface area contributed by atoms with Crippen molar-refractivity contribution in [1.29, 1.82) is 0 Å². The molecule has 1 aliphatic rings. The Morgan fingerprint density at radius 2 is 2.07 bits per heavy atom. The Kier molecular flexibility index (Phi) is 4.99. The van der Waals surface area contributed by atoms with E-state index in [0.29, 0.717) is 13.2 Å². The SMILES string of the molecule is C[C@H](c1nc2ccccc2s1)N(C)C(=O)NC[C@H]1COc2ccccc2C1. The molecule has 1 N–H and O–H groups in total. The van der Waals surface area contributed by atoms with E-state index >= 15 is 0 Å². The minimum absolute atomic E-state index is 0.0780. The van der Waals surface area contributed by atoms with Crippen LogP contribution in [0.1, 0.15) is 23.5 Å². The van der Waals surface area contributed by atoms with Crippen molar-refractivity contribution < 1.29 is 9.53 Å². The first-order chi connectivity index (χ1) is 13.1. The van der Waals surface area contributed by atoms with Crippen LogP contribution in [0, 0.1) is 5.92 Å². The summed E-state index contributed by atoms with van der Waals surface area (Å²) < 4.78 is 6.95. The molecule has 0 spiro atoms. The van der Waals surface area contributed by atoms with Gasteiger partial charge >= 0.3 is 6.03 Å². The predicted octanol–water partition coefficient (Wildman–Crippen LogP) is 4.25. The van der Waals surface area contributed by atoms with Crippen LogP contribution in [-0.4, -0.2) is 36.1 Å². The second-order valence-electron chi connectivity index (χ2n) is 6.98. The van der Waals surface area contributed by atoms with Crippen LogP contribution in [0.25, 0.3) is 10.2 Å². The molecular formula is C21H23N3O2S. The van der Waals surface area contributed by atoms with Crippen LogP contribution in [0.4, 0.5) is 4.79 Å². The molecule has 0 radical (unpaired) electrons. The summed E-state index contributed by atoms with van der Waals surface area (Å²) in [5.74, 6) is 1.25. The van der Waals surface area contributed by atoms with Gasteiger partial charge in [0, 0.05) is 19.5 Å². The molecule has 1 aromatic heterocycles. The summed E-state index contributed by atoms with van der Waals surface area (Å²) in [7, 11) is 1.82. The van der Waals surface area contributed by atoms with E-state index in [4.69, 9.17) is 4.74 Å². The molecule has 4 rings (SSSR count). The average Bonchev–Trinajstić information content (AvgIpc) is 3.15. The van der Waals surface area contributed by atoms with Gasteiger partial charge in [0.25, 0.3) is 0 Å². The molecule has 0 saturated heterocycles. The number of aromatic nitrogens is 1. The third-order valence-corrected chi connectivity index (χ3v) is 6.27. The largest absolute Gasteiger partial charge is 0.493 e. The van der Waals surface area contributed by atoms with Gasteiger partial charge in [-0.15, -0.1) is 11.3 Å². The summed E-state index contributed by atoms with van der Waals surface area (Å²) in [5.41, 5.74) is 2.19. The van der Waals surface area contributed by atoms with Crippen LogP contribution in [0.3, 0.4) is 0 Å². The maximum Gasteiger partial charge on any atom is 0.317 e. The highest BCUT2D eigenvalue weighted by Gasteiger charge is 2.23. The summed E-state index contributed by atoms with van der Waals surface area (Å²) >= 11 is 1.64. The van der Waals surface area contributed by atoms with E-state index < -0.39 is 0 Å². The van der Waals surface area contributed by atoms with Gasteiger partial charge in [-0.1, -0.05) is 30.3 Å². The molecule has 1 aliphatic heterocycles. The molecule has 2 aromatic carbocycles. The standard InChI is InChI=1S/C21H23N3O2S/c1-14(20-23-17-8-4-6-10-19(17)27-20)24(2)21(25)22-12-15-11-16-7-3-5-9-18(16)26-13-15/h3-10,14-15H,11-13H2,1-2H3,(H,22,25)/t14-,15+/m1/s1. The number of nitrogens with zero attached hydrogens (tertiary/aromatic N) is 2. The number of ether oxygens (including phenoxy) is 1. The number of urea groups is 1. The topological polar surface area (TPSA) is 54.5 Å². The van der Waals surface area contributed by atoms with Crippen molar-refractivity contribution in [3.8, 4) is 5.75 Å². The second kappa shape index (κ2) is 7.56. The lowest BCUT2D eigenvalue weighted by Crippen LogP contribution is -2.42. The second-order valence-corrected chi connectivity index (χ2v) is 8.04. The van der Waals surface area contributed by atoms with Gasteiger partial charge in [-0.3, -0.25) is 0 Å². The molecule has 2 heterocycles. The van der Waals surface area contributed by atoms with E-state index in [2.05, 4.69) is 22.4 Å². The Bertz CT molecular complexity index is 922. The lowest BCUT2D eigenvalue weighted by Gasteiger charge is -2.28. The molecule has 2 amide bonds. The van der Waals surface area contributed by atoms with Crippen LogP contribution in [0.2, 0.25) is 0 Å². The van der Waals surface area contributed by atoms with E-state index in [0.717, 1.165) is 27.4 Å². The van der Waals surface area contributed by atoms with Gasteiger partial charge in [-0.25, -0.2) is 9.78 Å². The van der Waals surface area contributed by atoms with E-state index in [-0.39, 0.29) is 18.0 Å². The molecule has 0 bridgehead atoms. The van der Waals surface area contributed by atoms with Crippen LogP contribution >= 0.6 is 11.3 Å². The summed E-state index contributed by atoms with van der Waals surface area (Å²) in [4.78, 5) is 19.0. The Morgan fingerprint density at radius 3 is 2.93 bits per heavy atom. The summed E-state index contributed by atoms with van der Waals surface area (Å²) in [5, 5.41) is 4.00. The van der Waals surface area contributed by atoms with Crippen molar-refractivity contribution in [1.82, 2.24) is 15.2 Å². The lowest BCUT2D eigenvalue weighted by atomic mass is 9.97. The Balaban J connectivity index is 1.35. The molecule has 0 aliphatic carbocycles. The number of carbonyl (C=O) groups excluding carboxylic acids is 1. The van der Waals surface area contributed by atoms with Gasteiger partial charge in [-0.2, -0.15) is 0 Å². The molecule has 0 unspecified atom stereocenters. The number of carbonyl (C=O) groups is 1. The van der Waals surface area contributed by atoms with Gasteiger partial charge in [0.05, 0.1) is 22.9 Å². The quantitative estimate of drug-likeness (QED) is 0.735. The first-order valence-corrected chi connectivity index (χ1v) is 10.0. The minimum atomic E-state index is -0.0828. The fourth-order valence-electron chi connectivity index (χ4n) is 3.29. The van der Waals surface area contributed by atoms with E-state index in [9.17, 15) is 4.79 Å². The molecule has 0 saturated carbocycles. The van der Waals surface area contributed by atoms with Crippen LogP contribution in [0.15, 0.2) is 48.5 Å². The highest BCUT2D eigenvalue weighted by molar-refractivity contribution is 7.18. The average molecular weight is 382 g/mol. The zero-order valence-electron chi connectivity index (χ0n) is 15.5. The highest BCUT2D eigenvalue weighted by Crippen LogP contribution is 2.29. The zero-order chi connectivity index (χ0) is 18.8. The van der Waals surface area contributed by atoms with Crippen molar-refractivity contribution in [2.75, 3.05) is 20.2 Å². The minimum Gasteiger partial charge on any atom is -0.493 e. The number of hydrogen-bond donors (Lipinski definition) is 1. The van der Waals surface area contributed by atoms with Crippen LogP contribution in [-0.2, 0) is 6.42 Å². The maximum atomic E-state index is 12.6. The van der Waals surface area contributed by atoms with Crippen molar-refractivity contribution in [2.45, 2.75) is 19.4 Å². The number of nitrogens with one attached hydrogen (secondary N) is 1. The summed E-state index contributed by atoms with van der Waals surface area (Å²) in [6, 6.07) is 16.0. The molecular weight excluding hydrogens is 358 g/mol. The van der Waals surface area contributed by atoms with Gasteiger partial charge in [0.1, 0.15) is 10.8 Å². The van der Waals surface area contributed by atoms with Crippen molar-refractivity contribution >= 4 is 27.6 Å². The summed E-state index contributed by atoms with van der Waals surface area (Å²) in [6.07, 6.45) is 0.924. The molecule has 2 atom stereocenters. The lowest BCUT2D eigenvalue weighted by molar-refractivity contribution is 0.183. The van der Waals surface area contributed by atoms with E-state index in [1.165, 1.54) is 5.56 Å². The molecule has 6 heteroatoms. The Morgan fingerprint density at radius 1 is 1.30 bits per heavy atom. The summed E-state index contributed by atoms with van der Waals surface area (Å²) in [6.45, 7) is 3.25. The first-order valence-electron chi connectivity index (χ1n) is 9.18. The van der Waals surface area contributed by atoms with Crippen molar-refractivity contribution in [3.05, 3.63) is 59.1 Å². The van der Waals surface area contributed by atoms with Gasteiger partial charge in [0.2, 0.25) is 0 Å². The number of hydrogen-bond acceptors (Lipinski definition) is 4. The van der Waals surface area contributed by atoms with Crippen LogP contribution < -0.4 is 10.1 Å². The molecule has 140 valence electrons. The fourth-order valence-corrected chi connectivity index (χ4v) is 4.35. The number of benzene rings is 2. The van der Waals surface area contributed by atoms with E-state index in [1.807, 2.05) is 50.4 Å². The normalized spacial score (nSPS) is 17.0. The number of fused-ring (bicyclic) bond motifs is 2. The number of para-hydroxylation sites is 2. The molecule has 0 fully saturated rings. The zero-order valence-corrected chi connectivity index (χ0v) is 16.3. The highest BCUT2D eigenvalue weighted by atomic mass is 32.1. The van der Waals surface area contributed by atoms with Crippen molar-refractivity contribution in [2.24, 2.45) is 5.92 Å². The number of thiazole rings is 1. The third kappa shape index (κ3) is 3.76. The predicted molar refractivity (Wildman–Crippen MR) is 108 cm³/mol.